The van der Waals surface area contributed by atoms with E-state index in [0.717, 1.165) is 23.6 Å². The van der Waals surface area contributed by atoms with E-state index in [1.54, 1.807) is 0 Å². The van der Waals surface area contributed by atoms with Crippen LogP contribution in [0, 0.1) is 24.2 Å². The van der Waals surface area contributed by atoms with E-state index in [9.17, 15) is 0 Å². The number of nitrogens with two attached hydrogens (primary N) is 1. The molecule has 132 valence electrons. The SMILES string of the molecule is CC(=Nc1ccccc1C)C(Cc1cccc(C(=N)N)c1)C1CC1.N. The van der Waals surface area contributed by atoms with Gasteiger partial charge < -0.3 is 11.9 Å². The predicted molar refractivity (Wildman–Crippen MR) is 106 cm³/mol. The molecule has 0 aliphatic heterocycles. The van der Waals surface area contributed by atoms with E-state index < -0.39 is 0 Å². The van der Waals surface area contributed by atoms with Gasteiger partial charge in [0.2, 0.25) is 0 Å². The first-order chi connectivity index (χ1) is 11.5. The number of nitrogens with one attached hydrogen (secondary N) is 1. The lowest BCUT2D eigenvalue weighted by Crippen LogP contribution is -2.17. The highest BCUT2D eigenvalue weighted by Gasteiger charge is 2.33. The maximum absolute atomic E-state index is 7.62. The average molecular weight is 336 g/mol. The maximum atomic E-state index is 7.62. The summed E-state index contributed by atoms with van der Waals surface area (Å²) in [5, 5.41) is 7.62. The third-order valence-corrected chi connectivity index (χ3v) is 4.83. The summed E-state index contributed by atoms with van der Waals surface area (Å²) in [4.78, 5) is 4.92. The summed E-state index contributed by atoms with van der Waals surface area (Å²) in [6.45, 7) is 4.26. The van der Waals surface area contributed by atoms with Gasteiger partial charge in [-0.1, -0.05) is 36.4 Å². The number of aliphatic imine (C=N–C) groups is 1. The second-order valence-electron chi connectivity index (χ2n) is 6.80. The molecule has 1 aliphatic rings. The molecule has 0 saturated heterocycles. The Hall–Kier alpha value is -2.46. The summed E-state index contributed by atoms with van der Waals surface area (Å²) in [6.07, 6.45) is 3.54. The molecule has 2 aromatic rings. The molecule has 4 nitrogen and oxygen atoms in total. The van der Waals surface area contributed by atoms with Crippen LogP contribution in [0.25, 0.3) is 0 Å². The van der Waals surface area contributed by atoms with Crippen LogP contribution in [0.15, 0.2) is 53.5 Å². The van der Waals surface area contributed by atoms with Gasteiger partial charge >= 0.3 is 0 Å². The maximum Gasteiger partial charge on any atom is 0.122 e. The van der Waals surface area contributed by atoms with Crippen molar-refractivity contribution in [1.29, 1.82) is 5.41 Å². The number of amidine groups is 1. The van der Waals surface area contributed by atoms with Crippen molar-refractivity contribution in [1.82, 2.24) is 6.15 Å². The first-order valence-corrected chi connectivity index (χ1v) is 8.58. The van der Waals surface area contributed by atoms with Crippen molar-refractivity contribution in [3.63, 3.8) is 0 Å². The summed E-state index contributed by atoms with van der Waals surface area (Å²) < 4.78 is 0. The van der Waals surface area contributed by atoms with Crippen molar-refractivity contribution in [2.45, 2.75) is 33.1 Å². The number of hydrogen-bond donors (Lipinski definition) is 3. The molecule has 1 atom stereocenters. The number of benzene rings is 2. The molecule has 0 aromatic heterocycles. The summed E-state index contributed by atoms with van der Waals surface area (Å²) >= 11 is 0. The van der Waals surface area contributed by atoms with E-state index in [0.29, 0.717) is 5.92 Å². The third-order valence-electron chi connectivity index (χ3n) is 4.83. The Morgan fingerprint density at radius 3 is 2.56 bits per heavy atom. The fourth-order valence-electron chi connectivity index (χ4n) is 3.24. The molecule has 25 heavy (non-hydrogen) atoms. The molecule has 3 rings (SSSR count). The second kappa shape index (κ2) is 8.08. The van der Waals surface area contributed by atoms with Gasteiger partial charge in [-0.3, -0.25) is 10.4 Å². The van der Waals surface area contributed by atoms with Gasteiger partial charge in [-0.05, 0) is 62.3 Å². The lowest BCUT2D eigenvalue weighted by Gasteiger charge is -2.17. The van der Waals surface area contributed by atoms with Gasteiger partial charge in [0.05, 0.1) is 5.69 Å². The summed E-state index contributed by atoms with van der Waals surface area (Å²) in [7, 11) is 0. The molecule has 0 spiro atoms. The van der Waals surface area contributed by atoms with Crippen molar-refractivity contribution in [3.05, 3.63) is 65.2 Å². The van der Waals surface area contributed by atoms with Crippen molar-refractivity contribution >= 4 is 17.2 Å². The van der Waals surface area contributed by atoms with Gasteiger partial charge in [0, 0.05) is 17.2 Å². The van der Waals surface area contributed by atoms with Crippen LogP contribution >= 0.6 is 0 Å². The minimum absolute atomic E-state index is 0. The zero-order valence-corrected chi connectivity index (χ0v) is 15.1. The number of aryl methyl sites for hydroxylation is 1. The molecule has 1 unspecified atom stereocenters. The molecule has 0 bridgehead atoms. The fourth-order valence-corrected chi connectivity index (χ4v) is 3.24. The zero-order valence-electron chi connectivity index (χ0n) is 15.1. The Labute approximate surface area is 150 Å². The Morgan fingerprint density at radius 2 is 1.92 bits per heavy atom. The van der Waals surface area contributed by atoms with Crippen LogP contribution in [-0.4, -0.2) is 11.5 Å². The highest BCUT2D eigenvalue weighted by atomic mass is 14.8. The molecular weight excluding hydrogens is 308 g/mol. The van der Waals surface area contributed by atoms with E-state index in [4.69, 9.17) is 16.1 Å². The van der Waals surface area contributed by atoms with E-state index in [1.807, 2.05) is 24.3 Å². The number of hydrogen-bond acceptors (Lipinski definition) is 3. The number of nitrogens with zero attached hydrogens (tertiary/aromatic N) is 1. The topological polar surface area (TPSA) is 97.2 Å². The minimum atomic E-state index is 0. The average Bonchev–Trinajstić information content (AvgIpc) is 3.39. The zero-order chi connectivity index (χ0) is 17.1. The van der Waals surface area contributed by atoms with E-state index in [-0.39, 0.29) is 12.0 Å². The summed E-state index contributed by atoms with van der Waals surface area (Å²) in [5.74, 6) is 1.33. The third kappa shape index (κ3) is 4.77. The Morgan fingerprint density at radius 1 is 1.20 bits per heavy atom. The number of para-hydroxylation sites is 1. The molecule has 4 heteroatoms. The Kier molecular flexibility index (Phi) is 6.10. The number of nitrogen functional groups attached to an aromatic ring is 1. The highest BCUT2D eigenvalue weighted by molar-refractivity contribution is 5.95. The molecule has 1 saturated carbocycles. The van der Waals surface area contributed by atoms with E-state index in [2.05, 4.69) is 38.1 Å². The first kappa shape index (κ1) is 18.9. The normalized spacial score (nSPS) is 15.4. The molecular formula is C21H28N4. The van der Waals surface area contributed by atoms with Gasteiger partial charge in [0.25, 0.3) is 0 Å². The lowest BCUT2D eigenvalue weighted by atomic mass is 9.90. The smallest absolute Gasteiger partial charge is 0.122 e. The standard InChI is InChI=1S/C21H25N3.H3N/c1-14-6-3-4-9-20(14)24-15(2)19(17-10-11-17)13-16-7-5-8-18(12-16)21(22)23;/h3-9,12,17,19H,10-11,13H2,1-2H3,(H3,22,23);1H3. The predicted octanol–water partition coefficient (Wildman–Crippen LogP) is 4.80. The monoisotopic (exact) mass is 336 g/mol. The molecule has 1 aliphatic carbocycles. The van der Waals surface area contributed by atoms with E-state index >= 15 is 0 Å². The van der Waals surface area contributed by atoms with Crippen molar-refractivity contribution in [2.75, 3.05) is 0 Å². The summed E-state index contributed by atoms with van der Waals surface area (Å²) in [6, 6.07) is 16.3. The molecule has 0 heterocycles. The van der Waals surface area contributed by atoms with Crippen molar-refractivity contribution in [2.24, 2.45) is 22.6 Å². The molecule has 2 aromatic carbocycles. The fraction of sp³-hybridized carbons (Fsp3) is 0.333. The van der Waals surface area contributed by atoms with Crippen LogP contribution in [0.1, 0.15) is 36.5 Å². The first-order valence-electron chi connectivity index (χ1n) is 8.58. The molecule has 0 amide bonds. The van der Waals surface area contributed by atoms with Gasteiger partial charge in [0.1, 0.15) is 5.84 Å². The van der Waals surface area contributed by atoms with Crippen LogP contribution < -0.4 is 11.9 Å². The van der Waals surface area contributed by atoms with Crippen LogP contribution in [-0.2, 0) is 6.42 Å². The minimum Gasteiger partial charge on any atom is -0.384 e. The summed E-state index contributed by atoms with van der Waals surface area (Å²) in [5.41, 5.74) is 11.1. The second-order valence-corrected chi connectivity index (χ2v) is 6.80. The van der Waals surface area contributed by atoms with Gasteiger partial charge in [0.15, 0.2) is 0 Å². The van der Waals surface area contributed by atoms with Gasteiger partial charge in [-0.2, -0.15) is 0 Å². The van der Waals surface area contributed by atoms with Crippen molar-refractivity contribution in [3.8, 4) is 0 Å². The molecule has 6 N–H and O–H groups in total. The Bertz CT molecular complexity index is 775. The quantitative estimate of drug-likeness (QED) is 0.521. The number of rotatable bonds is 6. The van der Waals surface area contributed by atoms with Crippen molar-refractivity contribution < 1.29 is 0 Å². The largest absolute Gasteiger partial charge is 0.384 e. The lowest BCUT2D eigenvalue weighted by molar-refractivity contribution is 0.599. The highest BCUT2D eigenvalue weighted by Crippen LogP contribution is 2.40. The van der Waals surface area contributed by atoms with Gasteiger partial charge in [-0.15, -0.1) is 0 Å². The van der Waals surface area contributed by atoms with Crippen LogP contribution in [0.4, 0.5) is 5.69 Å². The van der Waals surface area contributed by atoms with Crippen LogP contribution in [0.3, 0.4) is 0 Å². The molecule has 0 radical (unpaired) electrons. The van der Waals surface area contributed by atoms with Crippen LogP contribution in [0.2, 0.25) is 0 Å². The van der Waals surface area contributed by atoms with E-state index in [1.165, 1.54) is 29.7 Å². The van der Waals surface area contributed by atoms with Crippen LogP contribution in [0.5, 0.6) is 0 Å². The molecule has 1 fully saturated rings. The Balaban J connectivity index is 0.00000225. The van der Waals surface area contributed by atoms with Gasteiger partial charge in [-0.25, -0.2) is 0 Å².